The molecule has 2 heteroatoms. The van der Waals surface area contributed by atoms with Crippen LogP contribution in [0.15, 0.2) is 47.5 Å². The van der Waals surface area contributed by atoms with Gasteiger partial charge in [-0.15, -0.1) is 0 Å². The summed E-state index contributed by atoms with van der Waals surface area (Å²) >= 11 is 0. The smallest absolute Gasteiger partial charge is 0.187 e. The van der Waals surface area contributed by atoms with Crippen LogP contribution in [0.2, 0.25) is 0 Å². The van der Waals surface area contributed by atoms with E-state index in [1.165, 1.54) is 16.3 Å². The molecule has 0 atom stereocenters. The third-order valence-corrected chi connectivity index (χ3v) is 2.82. The Hall–Kier alpha value is -1.83. The minimum Gasteiger partial charge on any atom is -0.479 e. The van der Waals surface area contributed by atoms with Gasteiger partial charge in [-0.05, 0) is 16.3 Å². The number of rotatable bonds is 2. The summed E-state index contributed by atoms with van der Waals surface area (Å²) in [5, 5.41) is 2.55. The van der Waals surface area contributed by atoms with E-state index in [-0.39, 0.29) is 0 Å². The van der Waals surface area contributed by atoms with Gasteiger partial charge in [-0.3, -0.25) is 4.99 Å². The van der Waals surface area contributed by atoms with Crippen LogP contribution in [0.4, 0.5) is 0 Å². The van der Waals surface area contributed by atoms with Gasteiger partial charge in [-0.1, -0.05) is 42.5 Å². The molecular weight excluding hydrogens is 198 g/mol. The summed E-state index contributed by atoms with van der Waals surface area (Å²) < 4.78 is 5.42. The zero-order valence-corrected chi connectivity index (χ0v) is 9.02. The van der Waals surface area contributed by atoms with E-state index in [9.17, 15) is 0 Å². The third kappa shape index (κ3) is 1.78. The largest absolute Gasteiger partial charge is 0.479 e. The molecule has 0 saturated heterocycles. The lowest BCUT2D eigenvalue weighted by Gasteiger charge is -2.04. The van der Waals surface area contributed by atoms with Crippen LogP contribution in [0.3, 0.4) is 0 Å². The Kier molecular flexibility index (Phi) is 2.33. The van der Waals surface area contributed by atoms with Crippen molar-refractivity contribution >= 4 is 16.7 Å². The molecule has 1 aliphatic rings. The van der Waals surface area contributed by atoms with Crippen molar-refractivity contribution in [3.63, 3.8) is 0 Å². The molecule has 1 heterocycles. The molecule has 0 saturated carbocycles. The molecule has 0 amide bonds. The number of aliphatic imine (C=N–C) groups is 1. The Balaban J connectivity index is 1.92. The molecule has 0 radical (unpaired) electrons. The number of nitrogens with zero attached hydrogens (tertiary/aromatic N) is 1. The molecule has 0 spiro atoms. The lowest BCUT2D eigenvalue weighted by atomic mass is 10.1. The first-order chi connectivity index (χ1) is 7.92. The molecule has 80 valence electrons. The molecule has 2 nitrogen and oxygen atoms in total. The zero-order valence-electron chi connectivity index (χ0n) is 9.02. The predicted octanol–water partition coefficient (Wildman–Crippen LogP) is 2.81. The van der Waals surface area contributed by atoms with Crippen LogP contribution in [0, 0.1) is 0 Å². The highest BCUT2D eigenvalue weighted by atomic mass is 16.5. The van der Waals surface area contributed by atoms with Crippen LogP contribution in [0.1, 0.15) is 5.56 Å². The van der Waals surface area contributed by atoms with Crippen molar-refractivity contribution in [1.82, 2.24) is 0 Å². The van der Waals surface area contributed by atoms with Crippen molar-refractivity contribution < 1.29 is 4.74 Å². The highest BCUT2D eigenvalue weighted by molar-refractivity contribution is 5.85. The molecule has 0 N–H and O–H groups in total. The average molecular weight is 211 g/mol. The van der Waals surface area contributed by atoms with Crippen molar-refractivity contribution in [2.45, 2.75) is 6.42 Å². The maximum atomic E-state index is 5.42. The third-order valence-electron chi connectivity index (χ3n) is 2.82. The summed E-state index contributed by atoms with van der Waals surface area (Å²) in [4.78, 5) is 4.31. The van der Waals surface area contributed by atoms with Crippen molar-refractivity contribution in [3.8, 4) is 0 Å². The van der Waals surface area contributed by atoms with E-state index in [1.807, 2.05) is 0 Å². The van der Waals surface area contributed by atoms with Crippen LogP contribution >= 0.6 is 0 Å². The van der Waals surface area contributed by atoms with Crippen molar-refractivity contribution in [3.05, 3.63) is 48.0 Å². The molecule has 0 bridgehead atoms. The molecule has 0 unspecified atom stereocenters. The van der Waals surface area contributed by atoms with Gasteiger partial charge in [0.25, 0.3) is 0 Å². The van der Waals surface area contributed by atoms with Crippen LogP contribution in [-0.4, -0.2) is 19.0 Å². The number of fused-ring (bicyclic) bond motifs is 1. The summed E-state index contributed by atoms with van der Waals surface area (Å²) in [5.41, 5.74) is 1.26. The second-order valence-electron chi connectivity index (χ2n) is 3.98. The van der Waals surface area contributed by atoms with Crippen LogP contribution in [0.25, 0.3) is 10.8 Å². The summed E-state index contributed by atoms with van der Waals surface area (Å²) in [7, 11) is 0. The molecule has 3 rings (SSSR count). The Labute approximate surface area is 94.6 Å². The van der Waals surface area contributed by atoms with Crippen LogP contribution < -0.4 is 0 Å². The molecule has 2 aromatic carbocycles. The van der Waals surface area contributed by atoms with Crippen LogP contribution in [-0.2, 0) is 11.2 Å². The Morgan fingerprint density at radius 3 is 2.75 bits per heavy atom. The average Bonchev–Trinajstić information content (AvgIpc) is 2.82. The molecule has 0 fully saturated rings. The summed E-state index contributed by atoms with van der Waals surface area (Å²) in [5.74, 6) is 0.871. The predicted molar refractivity (Wildman–Crippen MR) is 65.9 cm³/mol. The van der Waals surface area contributed by atoms with Gasteiger partial charge in [0.2, 0.25) is 0 Å². The minimum absolute atomic E-state index is 0.739. The number of hydrogen-bond acceptors (Lipinski definition) is 2. The van der Waals surface area contributed by atoms with Gasteiger partial charge >= 0.3 is 0 Å². The fraction of sp³-hybridized carbons (Fsp3) is 0.214. The van der Waals surface area contributed by atoms with E-state index in [4.69, 9.17) is 4.74 Å². The molecular formula is C14H13NO. The lowest BCUT2D eigenvalue weighted by Crippen LogP contribution is -2.02. The fourth-order valence-corrected chi connectivity index (χ4v) is 2.01. The zero-order chi connectivity index (χ0) is 10.8. The molecule has 1 aliphatic heterocycles. The van der Waals surface area contributed by atoms with Crippen molar-refractivity contribution in [1.29, 1.82) is 0 Å². The molecule has 2 aromatic rings. The van der Waals surface area contributed by atoms with E-state index in [1.54, 1.807) is 0 Å². The Morgan fingerprint density at radius 2 is 1.94 bits per heavy atom. The highest BCUT2D eigenvalue weighted by Gasteiger charge is 2.08. The van der Waals surface area contributed by atoms with E-state index in [0.717, 1.165) is 25.5 Å². The van der Waals surface area contributed by atoms with E-state index in [2.05, 4.69) is 47.5 Å². The second kappa shape index (κ2) is 3.97. The van der Waals surface area contributed by atoms with Gasteiger partial charge in [0, 0.05) is 6.42 Å². The first kappa shape index (κ1) is 9.40. The van der Waals surface area contributed by atoms with Crippen molar-refractivity contribution in [2.24, 2.45) is 4.99 Å². The minimum atomic E-state index is 0.739. The quantitative estimate of drug-likeness (QED) is 0.748. The van der Waals surface area contributed by atoms with Crippen molar-refractivity contribution in [2.75, 3.05) is 13.2 Å². The van der Waals surface area contributed by atoms with Gasteiger partial charge in [-0.2, -0.15) is 0 Å². The highest BCUT2D eigenvalue weighted by Crippen LogP contribution is 2.16. The van der Waals surface area contributed by atoms with Gasteiger partial charge in [0.05, 0.1) is 6.54 Å². The first-order valence-corrected chi connectivity index (χ1v) is 5.56. The van der Waals surface area contributed by atoms with E-state index >= 15 is 0 Å². The van der Waals surface area contributed by atoms with Gasteiger partial charge in [-0.25, -0.2) is 0 Å². The summed E-state index contributed by atoms with van der Waals surface area (Å²) in [6.45, 7) is 1.55. The van der Waals surface area contributed by atoms with Gasteiger partial charge in [0.1, 0.15) is 6.61 Å². The Bertz CT molecular complexity index is 545. The summed E-state index contributed by atoms with van der Waals surface area (Å²) in [6.07, 6.45) is 0.810. The second-order valence-corrected chi connectivity index (χ2v) is 3.98. The maximum Gasteiger partial charge on any atom is 0.187 e. The SMILES string of the molecule is c1ccc2cc(CC3=NCCO3)ccc2c1. The summed E-state index contributed by atoms with van der Waals surface area (Å²) in [6, 6.07) is 14.9. The van der Waals surface area contributed by atoms with Gasteiger partial charge in [0.15, 0.2) is 5.90 Å². The van der Waals surface area contributed by atoms with E-state index in [0.29, 0.717) is 0 Å². The van der Waals surface area contributed by atoms with E-state index < -0.39 is 0 Å². The molecule has 0 aliphatic carbocycles. The number of hydrogen-bond donors (Lipinski definition) is 0. The van der Waals surface area contributed by atoms with Crippen LogP contribution in [0.5, 0.6) is 0 Å². The molecule has 0 aromatic heterocycles. The number of benzene rings is 2. The van der Waals surface area contributed by atoms with Gasteiger partial charge < -0.3 is 4.74 Å². The normalized spacial score (nSPS) is 14.9. The lowest BCUT2D eigenvalue weighted by molar-refractivity contribution is 0.341. The Morgan fingerprint density at radius 1 is 1.06 bits per heavy atom. The standard InChI is InChI=1S/C14H13NO/c1-2-4-13-9-11(5-6-12(13)3-1)10-14-15-7-8-16-14/h1-6,9H,7-8,10H2. The monoisotopic (exact) mass is 211 g/mol. The number of ether oxygens (including phenoxy) is 1. The first-order valence-electron chi connectivity index (χ1n) is 5.56. The maximum absolute atomic E-state index is 5.42. The molecule has 16 heavy (non-hydrogen) atoms. The topological polar surface area (TPSA) is 21.6 Å². The fourth-order valence-electron chi connectivity index (χ4n) is 2.01.